The van der Waals surface area contributed by atoms with Gasteiger partial charge in [0.25, 0.3) is 0 Å². The van der Waals surface area contributed by atoms with Crippen molar-refractivity contribution < 1.29 is 4.74 Å². The molecule has 2 aromatic carbocycles. The molecule has 0 aliphatic rings. The average Bonchev–Trinajstić information content (AvgIpc) is 3.13. The molecule has 4 aromatic rings. The highest BCUT2D eigenvalue weighted by molar-refractivity contribution is 5.84. The van der Waals surface area contributed by atoms with Crippen molar-refractivity contribution in [3.63, 3.8) is 0 Å². The molecule has 0 aliphatic heterocycles. The van der Waals surface area contributed by atoms with E-state index in [2.05, 4.69) is 9.72 Å². The van der Waals surface area contributed by atoms with Gasteiger partial charge in [-0.25, -0.2) is 9.97 Å². The molecule has 0 aliphatic carbocycles. The zero-order valence-corrected chi connectivity index (χ0v) is 14.6. The van der Waals surface area contributed by atoms with Crippen molar-refractivity contribution in [2.24, 2.45) is 5.73 Å². The highest BCUT2D eigenvalue weighted by Crippen LogP contribution is 2.27. The number of benzene rings is 2. The molecular formula is C20H21N5O. The number of nitrogens with one attached hydrogen (secondary N) is 1. The van der Waals surface area contributed by atoms with Crippen molar-refractivity contribution in [3.8, 4) is 17.0 Å². The summed E-state index contributed by atoms with van der Waals surface area (Å²) in [6.45, 7) is 3.81. The predicted octanol–water partition coefficient (Wildman–Crippen LogP) is 3.32. The second-order valence-corrected chi connectivity index (χ2v) is 5.94. The number of fused-ring (bicyclic) bond motifs is 3. The summed E-state index contributed by atoms with van der Waals surface area (Å²) in [6, 6.07) is 16.0. The number of hydrogen-bond acceptors (Lipinski definition) is 5. The van der Waals surface area contributed by atoms with E-state index in [1.54, 1.807) is 0 Å². The molecular weight excluding hydrogens is 326 g/mol. The third-order valence-corrected chi connectivity index (χ3v) is 4.19. The number of nitrogens with zero attached hydrogens (tertiary/aromatic N) is 3. The quantitative estimate of drug-likeness (QED) is 0.559. The number of imidazole rings is 1. The molecule has 0 unspecified atom stereocenters. The van der Waals surface area contributed by atoms with Crippen LogP contribution in [0.5, 0.6) is 5.75 Å². The Labute approximate surface area is 151 Å². The Morgan fingerprint density at radius 2 is 1.88 bits per heavy atom. The van der Waals surface area contributed by atoms with Crippen LogP contribution in [-0.2, 0) is 0 Å². The third-order valence-electron chi connectivity index (χ3n) is 4.19. The van der Waals surface area contributed by atoms with Gasteiger partial charge in [-0.3, -0.25) is 4.40 Å². The topological polar surface area (TPSA) is 77.5 Å². The van der Waals surface area contributed by atoms with Crippen molar-refractivity contribution >= 4 is 22.5 Å². The van der Waals surface area contributed by atoms with Crippen molar-refractivity contribution in [3.05, 3.63) is 54.7 Å². The van der Waals surface area contributed by atoms with Gasteiger partial charge in [-0.1, -0.05) is 12.1 Å². The van der Waals surface area contributed by atoms with Crippen LogP contribution < -0.4 is 15.8 Å². The first-order valence-electron chi connectivity index (χ1n) is 8.75. The fourth-order valence-electron chi connectivity index (χ4n) is 3.00. The van der Waals surface area contributed by atoms with E-state index in [4.69, 9.17) is 20.4 Å². The molecule has 0 amide bonds. The fraction of sp³-hybridized carbons (Fsp3) is 0.200. The van der Waals surface area contributed by atoms with Gasteiger partial charge in [0.2, 0.25) is 0 Å². The van der Waals surface area contributed by atoms with Gasteiger partial charge in [0.05, 0.1) is 23.3 Å². The molecule has 0 fully saturated rings. The SMILES string of the molecule is CCOc1ccc(-c2cn3c(n2)c(NCCN)nc2ccccc23)cc1. The highest BCUT2D eigenvalue weighted by Gasteiger charge is 2.13. The number of nitrogens with two attached hydrogens (primary N) is 1. The van der Waals surface area contributed by atoms with Gasteiger partial charge in [0.1, 0.15) is 5.75 Å². The van der Waals surface area contributed by atoms with Crippen LogP contribution in [0.25, 0.3) is 27.9 Å². The summed E-state index contributed by atoms with van der Waals surface area (Å²) in [4.78, 5) is 9.53. The van der Waals surface area contributed by atoms with Crippen molar-refractivity contribution in [1.29, 1.82) is 0 Å². The van der Waals surface area contributed by atoms with E-state index in [1.165, 1.54) is 0 Å². The Bertz CT molecular complexity index is 1040. The minimum absolute atomic E-state index is 0.535. The van der Waals surface area contributed by atoms with E-state index < -0.39 is 0 Å². The Morgan fingerprint density at radius 3 is 2.65 bits per heavy atom. The molecule has 26 heavy (non-hydrogen) atoms. The first-order chi connectivity index (χ1) is 12.8. The number of ether oxygens (including phenoxy) is 1. The molecule has 132 valence electrons. The van der Waals surface area contributed by atoms with Crippen LogP contribution in [0.4, 0.5) is 5.82 Å². The molecule has 0 atom stereocenters. The number of para-hydroxylation sites is 2. The number of anilines is 1. The van der Waals surface area contributed by atoms with Crippen molar-refractivity contribution in [2.45, 2.75) is 6.92 Å². The Kier molecular flexibility index (Phi) is 4.41. The minimum Gasteiger partial charge on any atom is -0.494 e. The van der Waals surface area contributed by atoms with Crippen LogP contribution in [0.3, 0.4) is 0 Å². The molecule has 0 spiro atoms. The lowest BCUT2D eigenvalue weighted by atomic mass is 10.2. The molecule has 0 bridgehead atoms. The van der Waals surface area contributed by atoms with Crippen LogP contribution in [0.15, 0.2) is 54.7 Å². The van der Waals surface area contributed by atoms with E-state index in [0.29, 0.717) is 19.7 Å². The molecule has 0 saturated heterocycles. The predicted molar refractivity (Wildman–Crippen MR) is 105 cm³/mol. The summed E-state index contributed by atoms with van der Waals surface area (Å²) in [5.41, 5.74) is 10.3. The van der Waals surface area contributed by atoms with E-state index in [1.807, 2.05) is 61.7 Å². The van der Waals surface area contributed by atoms with Gasteiger partial charge in [0, 0.05) is 24.8 Å². The summed E-state index contributed by atoms with van der Waals surface area (Å²) < 4.78 is 7.60. The first-order valence-corrected chi connectivity index (χ1v) is 8.75. The smallest absolute Gasteiger partial charge is 0.181 e. The molecule has 6 heteroatoms. The Morgan fingerprint density at radius 1 is 1.08 bits per heavy atom. The van der Waals surface area contributed by atoms with Gasteiger partial charge in [-0.15, -0.1) is 0 Å². The standard InChI is InChI=1S/C20H21N5O/c1-2-26-15-9-7-14(8-10-15)17-13-25-18-6-4-3-5-16(18)23-19(20(25)24-17)22-12-11-21/h3-10,13H,2,11-12,21H2,1H3,(H,22,23). The lowest BCUT2D eigenvalue weighted by Crippen LogP contribution is -2.14. The van der Waals surface area contributed by atoms with E-state index >= 15 is 0 Å². The zero-order chi connectivity index (χ0) is 17.9. The van der Waals surface area contributed by atoms with Gasteiger partial charge in [0.15, 0.2) is 11.5 Å². The summed E-state index contributed by atoms with van der Waals surface area (Å²) in [5.74, 6) is 1.60. The summed E-state index contributed by atoms with van der Waals surface area (Å²) >= 11 is 0. The lowest BCUT2D eigenvalue weighted by molar-refractivity contribution is 0.340. The molecule has 4 rings (SSSR count). The molecule has 0 radical (unpaired) electrons. The van der Waals surface area contributed by atoms with Crippen LogP contribution >= 0.6 is 0 Å². The largest absolute Gasteiger partial charge is 0.494 e. The monoisotopic (exact) mass is 347 g/mol. The number of aromatic nitrogens is 3. The zero-order valence-electron chi connectivity index (χ0n) is 14.6. The molecule has 0 saturated carbocycles. The normalized spacial score (nSPS) is 11.2. The molecule has 2 heterocycles. The maximum Gasteiger partial charge on any atom is 0.181 e. The van der Waals surface area contributed by atoms with Gasteiger partial charge < -0.3 is 15.8 Å². The van der Waals surface area contributed by atoms with Crippen LogP contribution in [0.1, 0.15) is 6.92 Å². The van der Waals surface area contributed by atoms with E-state index in [-0.39, 0.29) is 0 Å². The van der Waals surface area contributed by atoms with E-state index in [9.17, 15) is 0 Å². The summed E-state index contributed by atoms with van der Waals surface area (Å²) in [5, 5.41) is 3.28. The maximum atomic E-state index is 5.64. The average molecular weight is 347 g/mol. The third kappa shape index (κ3) is 2.95. The van der Waals surface area contributed by atoms with Crippen LogP contribution in [0.2, 0.25) is 0 Å². The summed E-state index contributed by atoms with van der Waals surface area (Å²) in [7, 11) is 0. The second kappa shape index (κ2) is 7.01. The Hall–Kier alpha value is -3.12. The fourth-order valence-corrected chi connectivity index (χ4v) is 3.00. The second-order valence-electron chi connectivity index (χ2n) is 5.94. The van der Waals surface area contributed by atoms with Gasteiger partial charge in [-0.05, 0) is 43.3 Å². The van der Waals surface area contributed by atoms with Crippen molar-refractivity contribution in [1.82, 2.24) is 14.4 Å². The van der Waals surface area contributed by atoms with Gasteiger partial charge in [-0.2, -0.15) is 0 Å². The van der Waals surface area contributed by atoms with Crippen LogP contribution in [0, 0.1) is 0 Å². The van der Waals surface area contributed by atoms with Gasteiger partial charge >= 0.3 is 0 Å². The summed E-state index contributed by atoms with van der Waals surface area (Å²) in [6.07, 6.45) is 2.04. The number of rotatable bonds is 6. The number of hydrogen-bond donors (Lipinski definition) is 2. The van der Waals surface area contributed by atoms with E-state index in [0.717, 1.165) is 39.5 Å². The lowest BCUT2D eigenvalue weighted by Gasteiger charge is -2.08. The maximum absolute atomic E-state index is 5.64. The van der Waals surface area contributed by atoms with Crippen LogP contribution in [-0.4, -0.2) is 34.1 Å². The minimum atomic E-state index is 0.535. The Balaban J connectivity index is 1.85. The molecule has 6 nitrogen and oxygen atoms in total. The van der Waals surface area contributed by atoms with Crippen molar-refractivity contribution in [2.75, 3.05) is 25.0 Å². The molecule has 3 N–H and O–H groups in total. The highest BCUT2D eigenvalue weighted by atomic mass is 16.5. The molecule has 2 aromatic heterocycles. The first kappa shape index (κ1) is 16.4.